The number of hydrogen-bond donors (Lipinski definition) is 0. The number of hydrogen-bond acceptors (Lipinski definition) is 4. The first-order chi connectivity index (χ1) is 12.0. The lowest BCUT2D eigenvalue weighted by atomic mass is 9.81. The third-order valence-electron chi connectivity index (χ3n) is 4.74. The van der Waals surface area contributed by atoms with Crippen LogP contribution in [0.5, 0.6) is 0 Å². The zero-order chi connectivity index (χ0) is 17.6. The molecule has 126 valence electrons. The van der Waals surface area contributed by atoms with Crippen LogP contribution in [0.4, 0.5) is 0 Å². The molecule has 0 N–H and O–H groups in total. The van der Waals surface area contributed by atoms with E-state index in [4.69, 9.17) is 0 Å². The molecule has 5 heteroatoms. The molecule has 1 aromatic carbocycles. The highest BCUT2D eigenvalue weighted by atomic mass is 16.1. The molecule has 1 aliphatic carbocycles. The van der Waals surface area contributed by atoms with Crippen molar-refractivity contribution in [1.29, 1.82) is 0 Å². The predicted octanol–water partition coefficient (Wildman–Crippen LogP) is 3.50. The minimum absolute atomic E-state index is 0.156. The molecule has 4 rings (SSSR count). The Balaban J connectivity index is 1.83. The van der Waals surface area contributed by atoms with Crippen LogP contribution in [0, 0.1) is 20.8 Å². The Labute approximate surface area is 146 Å². The molecule has 25 heavy (non-hydrogen) atoms. The zero-order valence-corrected chi connectivity index (χ0v) is 14.7. The summed E-state index contributed by atoms with van der Waals surface area (Å²) in [5.41, 5.74) is 5.40. The number of carbonyl (C=O) groups excluding carboxylic acids is 1. The maximum absolute atomic E-state index is 12.8. The van der Waals surface area contributed by atoms with Gasteiger partial charge in [-0.15, -0.1) is 0 Å². The topological polar surface area (TPSA) is 60.7 Å². The number of rotatable bonds is 2. The fourth-order valence-corrected chi connectivity index (χ4v) is 3.69. The summed E-state index contributed by atoms with van der Waals surface area (Å²) in [6, 6.07) is 12.1. The largest absolute Gasteiger partial charge is 0.294 e. The summed E-state index contributed by atoms with van der Waals surface area (Å²) in [6.07, 6.45) is 1.29. The quantitative estimate of drug-likeness (QED) is 0.720. The molecule has 0 aliphatic heterocycles. The molecular weight excluding hydrogens is 312 g/mol. The molecule has 1 atom stereocenters. The number of aromatic nitrogens is 4. The first-order valence-electron chi connectivity index (χ1n) is 8.52. The molecule has 2 aromatic heterocycles. The minimum atomic E-state index is 0.156. The van der Waals surface area contributed by atoms with Crippen LogP contribution in [0.3, 0.4) is 0 Å². The fourth-order valence-electron chi connectivity index (χ4n) is 3.69. The first-order valence-corrected chi connectivity index (χ1v) is 8.52. The van der Waals surface area contributed by atoms with Crippen LogP contribution < -0.4 is 0 Å². The van der Waals surface area contributed by atoms with Gasteiger partial charge in [-0.3, -0.25) is 4.79 Å². The van der Waals surface area contributed by atoms with Crippen molar-refractivity contribution in [2.24, 2.45) is 0 Å². The summed E-state index contributed by atoms with van der Waals surface area (Å²) < 4.78 is 1.76. The zero-order valence-electron chi connectivity index (χ0n) is 14.7. The van der Waals surface area contributed by atoms with Gasteiger partial charge in [-0.2, -0.15) is 5.10 Å². The van der Waals surface area contributed by atoms with Gasteiger partial charge < -0.3 is 0 Å². The molecular formula is C20H20N4O. The van der Waals surface area contributed by atoms with Crippen molar-refractivity contribution in [1.82, 2.24) is 19.7 Å². The van der Waals surface area contributed by atoms with E-state index in [0.29, 0.717) is 12.4 Å². The Morgan fingerprint density at radius 1 is 1.00 bits per heavy atom. The van der Waals surface area contributed by atoms with Crippen LogP contribution in [-0.2, 0) is 6.42 Å². The number of fused-ring (bicyclic) bond motifs is 1. The van der Waals surface area contributed by atoms with Gasteiger partial charge in [0.15, 0.2) is 5.78 Å². The summed E-state index contributed by atoms with van der Waals surface area (Å²) in [5, 5.41) is 4.59. The minimum Gasteiger partial charge on any atom is -0.294 e. The second-order valence-corrected chi connectivity index (χ2v) is 6.71. The molecule has 0 spiro atoms. The number of benzene rings is 1. The van der Waals surface area contributed by atoms with Crippen LogP contribution in [0.15, 0.2) is 36.4 Å². The molecule has 0 radical (unpaired) electrons. The van der Waals surface area contributed by atoms with Crippen molar-refractivity contribution in [3.05, 3.63) is 70.3 Å². The van der Waals surface area contributed by atoms with Gasteiger partial charge in [-0.25, -0.2) is 14.6 Å². The molecule has 0 saturated carbocycles. The maximum Gasteiger partial charge on any atom is 0.251 e. The van der Waals surface area contributed by atoms with Gasteiger partial charge in [0.2, 0.25) is 0 Å². The summed E-state index contributed by atoms with van der Waals surface area (Å²) in [6.45, 7) is 5.77. The van der Waals surface area contributed by atoms with Gasteiger partial charge in [0.25, 0.3) is 5.95 Å². The lowest BCUT2D eigenvalue weighted by Crippen LogP contribution is -2.21. The summed E-state index contributed by atoms with van der Waals surface area (Å²) in [5.74, 6) is 0.869. The number of carbonyl (C=O) groups is 1. The second kappa shape index (κ2) is 5.92. The van der Waals surface area contributed by atoms with E-state index in [1.807, 2.05) is 45.0 Å². The standard InChI is InChI=1S/C20H20N4O/c1-12-9-13(2)22-20(21-12)24-17-10-16(15-7-5-4-6-8-15)11-18(25)19(17)14(3)23-24/h4-9,16H,10-11H2,1-3H3. The lowest BCUT2D eigenvalue weighted by Gasteiger charge is -2.22. The normalized spacial score (nSPS) is 16.8. The SMILES string of the molecule is Cc1cc(C)nc(-n2nc(C)c3c2CC(c2ccccc2)CC3=O)n1. The van der Waals surface area contributed by atoms with Crippen molar-refractivity contribution < 1.29 is 4.79 Å². The Bertz CT molecular complexity index is 939. The summed E-state index contributed by atoms with van der Waals surface area (Å²) in [7, 11) is 0. The van der Waals surface area contributed by atoms with Gasteiger partial charge in [0.1, 0.15) is 0 Å². The number of nitrogens with zero attached hydrogens (tertiary/aromatic N) is 4. The van der Waals surface area contributed by atoms with E-state index in [9.17, 15) is 4.79 Å². The number of aryl methyl sites for hydroxylation is 3. The fraction of sp³-hybridized carbons (Fsp3) is 0.300. The Morgan fingerprint density at radius 2 is 1.68 bits per heavy atom. The van der Waals surface area contributed by atoms with E-state index in [0.717, 1.165) is 34.8 Å². The van der Waals surface area contributed by atoms with Gasteiger partial charge >= 0.3 is 0 Å². The van der Waals surface area contributed by atoms with Crippen molar-refractivity contribution in [2.45, 2.75) is 39.5 Å². The van der Waals surface area contributed by atoms with Crippen molar-refractivity contribution in [2.75, 3.05) is 0 Å². The molecule has 0 saturated heterocycles. The van der Waals surface area contributed by atoms with Crippen molar-refractivity contribution >= 4 is 5.78 Å². The third-order valence-corrected chi connectivity index (χ3v) is 4.74. The van der Waals surface area contributed by atoms with E-state index in [-0.39, 0.29) is 11.7 Å². The highest BCUT2D eigenvalue weighted by molar-refractivity contribution is 6.00. The van der Waals surface area contributed by atoms with Gasteiger partial charge in [0, 0.05) is 17.8 Å². The molecule has 5 nitrogen and oxygen atoms in total. The Morgan fingerprint density at radius 3 is 2.36 bits per heavy atom. The number of Topliss-reactive ketones (excluding diaryl/α,β-unsaturated/α-hetero) is 1. The summed E-state index contributed by atoms with van der Waals surface area (Å²) in [4.78, 5) is 21.8. The van der Waals surface area contributed by atoms with E-state index in [2.05, 4.69) is 27.2 Å². The Hall–Kier alpha value is -2.82. The maximum atomic E-state index is 12.8. The number of ketones is 1. The van der Waals surface area contributed by atoms with Crippen LogP contribution >= 0.6 is 0 Å². The highest BCUT2D eigenvalue weighted by Crippen LogP contribution is 2.34. The van der Waals surface area contributed by atoms with Gasteiger partial charge in [-0.05, 0) is 44.7 Å². The van der Waals surface area contributed by atoms with Crippen LogP contribution in [-0.4, -0.2) is 25.5 Å². The molecule has 2 heterocycles. The van der Waals surface area contributed by atoms with E-state index in [1.165, 1.54) is 5.56 Å². The molecule has 0 bridgehead atoms. The highest BCUT2D eigenvalue weighted by Gasteiger charge is 2.32. The van der Waals surface area contributed by atoms with Crippen molar-refractivity contribution in [3.63, 3.8) is 0 Å². The van der Waals surface area contributed by atoms with Crippen LogP contribution in [0.1, 0.15) is 51.0 Å². The molecule has 0 amide bonds. The van der Waals surface area contributed by atoms with E-state index >= 15 is 0 Å². The van der Waals surface area contributed by atoms with Crippen LogP contribution in [0.2, 0.25) is 0 Å². The second-order valence-electron chi connectivity index (χ2n) is 6.71. The molecule has 0 fully saturated rings. The Kier molecular flexibility index (Phi) is 3.71. The van der Waals surface area contributed by atoms with Crippen molar-refractivity contribution in [3.8, 4) is 5.95 Å². The smallest absolute Gasteiger partial charge is 0.251 e. The molecule has 1 unspecified atom stereocenters. The third kappa shape index (κ3) is 2.76. The van der Waals surface area contributed by atoms with E-state index in [1.54, 1.807) is 4.68 Å². The average Bonchev–Trinajstić information content (AvgIpc) is 2.92. The molecule has 1 aliphatic rings. The monoisotopic (exact) mass is 332 g/mol. The van der Waals surface area contributed by atoms with E-state index < -0.39 is 0 Å². The summed E-state index contributed by atoms with van der Waals surface area (Å²) >= 11 is 0. The van der Waals surface area contributed by atoms with Crippen LogP contribution in [0.25, 0.3) is 5.95 Å². The predicted molar refractivity (Wildman–Crippen MR) is 95.2 cm³/mol. The average molecular weight is 332 g/mol. The first kappa shape index (κ1) is 15.7. The van der Waals surface area contributed by atoms with Gasteiger partial charge in [-0.1, -0.05) is 30.3 Å². The lowest BCUT2D eigenvalue weighted by molar-refractivity contribution is 0.0963. The van der Waals surface area contributed by atoms with Gasteiger partial charge in [0.05, 0.1) is 17.0 Å². The molecule has 3 aromatic rings.